The SMILES string of the molecule is C#N.C#N.C#N.C#N.C#N.C#N.C#N.C#N.C#N.C#N.C#N.C#N.C#N.C#N.C#N.C#N.C#N.C#N.C#N.C#N.C#N.C#N.C#N.C#N.C#N.C#N.C#N.C#N.C#N.C#N.Nc1ccccc1N.[Fe].[Fe].[Fe].[Fe].[Fe]. The van der Waals surface area contributed by atoms with Crippen LogP contribution in [0.15, 0.2) is 24.3 Å². The maximum atomic E-state index is 6.50. The van der Waals surface area contributed by atoms with Gasteiger partial charge < -0.3 is 11.5 Å². The first-order valence-electron chi connectivity index (χ1n) is 10.2. The summed E-state index contributed by atoms with van der Waals surface area (Å²) < 4.78 is 0. The molecule has 0 atom stereocenters. The Bertz CT molecular complexity index is 993. The van der Waals surface area contributed by atoms with Crippen molar-refractivity contribution in [2.75, 3.05) is 11.5 Å². The maximum Gasteiger partial charge on any atom is 0.0547 e. The van der Waals surface area contributed by atoms with Crippen LogP contribution in [0.5, 0.6) is 0 Å². The van der Waals surface area contributed by atoms with Crippen molar-refractivity contribution in [3.05, 3.63) is 24.3 Å². The minimum atomic E-state index is 0. The first kappa shape index (κ1) is 343. The second-order valence-corrected chi connectivity index (χ2v) is 1.63. The van der Waals surface area contributed by atoms with Crippen LogP contribution in [-0.4, -0.2) is 0 Å². The Kier molecular flexibility index (Phi) is 59100. The van der Waals surface area contributed by atoms with Crippen LogP contribution in [-0.2, 0) is 85.3 Å². The number of nitrogens with two attached hydrogens (primary N) is 2. The van der Waals surface area contributed by atoms with Crippen LogP contribution in [0.2, 0.25) is 0 Å². The van der Waals surface area contributed by atoms with Crippen LogP contribution in [0.25, 0.3) is 0 Å². The number of benzene rings is 1. The number of hydrogen-bond acceptors (Lipinski definition) is 32. The molecule has 1 aromatic rings. The summed E-state index contributed by atoms with van der Waals surface area (Å²) in [6.07, 6.45) is 0. The summed E-state index contributed by atoms with van der Waals surface area (Å²) in [5, 5.41) is 195. The van der Waals surface area contributed by atoms with E-state index in [0.29, 0.717) is 11.4 Å². The van der Waals surface area contributed by atoms with Gasteiger partial charge in [-0.1, -0.05) is 12.1 Å². The summed E-state index contributed by atoms with van der Waals surface area (Å²) in [5.41, 5.74) is 12.1. The van der Waals surface area contributed by atoms with E-state index in [1.165, 1.54) is 0 Å². The molecule has 73 heavy (non-hydrogen) atoms. The van der Waals surface area contributed by atoms with Gasteiger partial charge in [-0.2, -0.15) is 0 Å². The van der Waals surface area contributed by atoms with Crippen LogP contribution in [0.3, 0.4) is 0 Å². The van der Waals surface area contributed by atoms with Gasteiger partial charge in [-0.15, -0.1) is 0 Å². The largest absolute Gasteiger partial charge is 0.397 e. The summed E-state index contributed by atoms with van der Waals surface area (Å²) in [4.78, 5) is 0. The van der Waals surface area contributed by atoms with Crippen LogP contribution < -0.4 is 11.5 Å². The third kappa shape index (κ3) is 22000. The molecular formula is C36H38Fe5N32. The van der Waals surface area contributed by atoms with Gasteiger partial charge in [-0.3, -0.25) is 0 Å². The van der Waals surface area contributed by atoms with Gasteiger partial charge in [-0.25, -0.2) is 158 Å². The van der Waals surface area contributed by atoms with Crippen LogP contribution in [0, 0.1) is 355 Å². The van der Waals surface area contributed by atoms with Gasteiger partial charge in [0, 0.05) is 283 Å². The van der Waals surface area contributed by atoms with E-state index in [-0.39, 0.29) is 85.3 Å². The van der Waals surface area contributed by atoms with Crippen molar-refractivity contribution in [2.45, 2.75) is 0 Å². The molecule has 0 bridgehead atoms. The Labute approximate surface area is 484 Å². The van der Waals surface area contributed by atoms with E-state index in [9.17, 15) is 0 Å². The molecule has 0 spiro atoms. The van der Waals surface area contributed by atoms with Gasteiger partial charge in [0.05, 0.1) is 11.4 Å². The van der Waals surface area contributed by atoms with E-state index in [0.717, 1.165) is 0 Å². The van der Waals surface area contributed by atoms with Gasteiger partial charge in [0.2, 0.25) is 0 Å². The molecule has 0 aliphatic carbocycles. The topological polar surface area (TPSA) is 766 Å². The van der Waals surface area contributed by atoms with Crippen molar-refractivity contribution in [1.29, 1.82) is 158 Å². The minimum absolute atomic E-state index is 0. The molecular weight excluding hydrogens is 1160 g/mol. The monoisotopic (exact) mass is 1200 g/mol. The van der Waals surface area contributed by atoms with Crippen molar-refractivity contribution in [3.8, 4) is 197 Å². The van der Waals surface area contributed by atoms with Gasteiger partial charge in [0.1, 0.15) is 0 Å². The third-order valence-electron chi connectivity index (χ3n) is 0.996. The number of nitriles is 30. The van der Waals surface area contributed by atoms with Crippen molar-refractivity contribution < 1.29 is 85.3 Å². The number of nitrogen functional groups attached to an aromatic ring is 2. The zero-order valence-electron chi connectivity index (χ0n) is 37.0. The molecule has 4 N–H and O–H groups in total. The summed E-state index contributed by atoms with van der Waals surface area (Å²) in [6.45, 7) is 105. The third-order valence-corrected chi connectivity index (χ3v) is 0.996. The molecule has 0 fully saturated rings. The Balaban J connectivity index is -0.00000000628. The van der Waals surface area contributed by atoms with Gasteiger partial charge in [-0.05, 0) is 12.1 Å². The van der Waals surface area contributed by atoms with Gasteiger partial charge in [0.25, 0.3) is 0 Å². The molecule has 0 radical (unpaired) electrons. The fourth-order valence-electron chi connectivity index (χ4n) is 0.511. The number of nitrogens with zero attached hydrogens (tertiary/aromatic N) is 30. The molecule has 32 nitrogen and oxygen atoms in total. The second-order valence-electron chi connectivity index (χ2n) is 1.63. The second kappa shape index (κ2) is 12600. The molecule has 0 aliphatic rings. The smallest absolute Gasteiger partial charge is 0.0547 e. The average Bonchev–Trinajstić information content (AvgIpc) is 3.56. The molecule has 0 heterocycles. The molecule has 0 saturated carbocycles. The molecule has 0 amide bonds. The molecule has 0 unspecified atom stereocenters. The van der Waals surface area contributed by atoms with Crippen molar-refractivity contribution in [1.82, 2.24) is 0 Å². The molecule has 0 aromatic heterocycles. The Hall–Kier alpha value is -13.9. The predicted octanol–water partition coefficient (Wildman–Crippen LogP) is 5.03. The summed E-state index contributed by atoms with van der Waals surface area (Å²) in [5.74, 6) is 0. The minimum Gasteiger partial charge on any atom is -0.397 e. The van der Waals surface area contributed by atoms with Crippen LogP contribution >= 0.6 is 0 Å². The predicted molar refractivity (Wildman–Crippen MR) is 235 cm³/mol. The number of anilines is 2. The Morgan fingerprint density at radius 1 is 0.151 bits per heavy atom. The van der Waals surface area contributed by atoms with Gasteiger partial charge >= 0.3 is 0 Å². The van der Waals surface area contributed by atoms with E-state index in [4.69, 9.17) is 169 Å². The molecule has 0 saturated heterocycles. The number of rotatable bonds is 0. The van der Waals surface area contributed by atoms with E-state index in [2.05, 4.69) is 197 Å². The fourth-order valence-corrected chi connectivity index (χ4v) is 0.511. The molecule has 1 aromatic carbocycles. The van der Waals surface area contributed by atoms with E-state index in [1.807, 2.05) is 12.1 Å². The fraction of sp³-hybridized carbons (Fsp3) is 0. The van der Waals surface area contributed by atoms with Crippen molar-refractivity contribution >= 4 is 11.4 Å². The van der Waals surface area contributed by atoms with E-state index in [1.54, 1.807) is 12.1 Å². The normalized spacial score (nSPS) is 1.81. The summed E-state index contributed by atoms with van der Waals surface area (Å²) in [7, 11) is 0. The number of para-hydroxylation sites is 2. The molecule has 1 rings (SSSR count). The average molecular weight is 1200 g/mol. The van der Waals surface area contributed by atoms with Gasteiger partial charge in [0.15, 0.2) is 0 Å². The quantitative estimate of drug-likeness (QED) is 0.254. The summed E-state index contributed by atoms with van der Waals surface area (Å²) >= 11 is 0. The molecule has 0 aliphatic heterocycles. The van der Waals surface area contributed by atoms with E-state index >= 15 is 0 Å². The molecule has 382 valence electrons. The first-order valence-corrected chi connectivity index (χ1v) is 10.2. The Morgan fingerprint density at radius 2 is 0.192 bits per heavy atom. The van der Waals surface area contributed by atoms with Crippen molar-refractivity contribution in [3.63, 3.8) is 0 Å². The maximum absolute atomic E-state index is 6.50. The van der Waals surface area contributed by atoms with Crippen molar-refractivity contribution in [2.24, 2.45) is 0 Å². The zero-order chi connectivity index (χ0) is 66.0. The standard InChI is InChI=1S/C6H8N2.30CHN.5Fe/c7-5-3-1-2-4-6(5)8;30*1-2;;;;;/h1-4H,7-8H2;30*1H;;;;;. The number of hydrogen-bond donors (Lipinski definition) is 2. The molecule has 37 heteroatoms. The summed E-state index contributed by atoms with van der Waals surface area (Å²) in [6, 6.07) is 7.25. The Morgan fingerprint density at radius 3 is 0.219 bits per heavy atom. The zero-order valence-corrected chi connectivity index (χ0v) is 42.5. The van der Waals surface area contributed by atoms with Crippen LogP contribution in [0.4, 0.5) is 11.4 Å². The van der Waals surface area contributed by atoms with Crippen LogP contribution in [0.1, 0.15) is 0 Å². The first-order chi connectivity index (χ1) is 33.8. The van der Waals surface area contributed by atoms with E-state index < -0.39 is 0 Å².